The normalized spacial score (nSPS) is 16.6. The number of pyridine rings is 1. The van der Waals surface area contributed by atoms with Crippen molar-refractivity contribution in [2.24, 2.45) is 0 Å². The first-order valence-electron chi connectivity index (χ1n) is 10.7. The molecule has 2 aromatic carbocycles. The minimum Gasteiger partial charge on any atom is -0.488 e. The Morgan fingerprint density at radius 3 is 2.43 bits per heavy atom. The summed E-state index contributed by atoms with van der Waals surface area (Å²) in [6.07, 6.45) is -3.52. The molecule has 4 rings (SSSR count). The fraction of sp³-hybridized carbons (Fsp3) is 0.261. The van der Waals surface area contributed by atoms with Gasteiger partial charge in [-0.3, -0.25) is 4.72 Å². The Bertz CT molecular complexity index is 1410. The number of benzene rings is 2. The highest BCUT2D eigenvalue weighted by Crippen LogP contribution is 2.39. The lowest BCUT2D eigenvalue weighted by Gasteiger charge is -2.19. The molecule has 1 saturated heterocycles. The molecule has 1 N–H and O–H groups in total. The van der Waals surface area contributed by atoms with Gasteiger partial charge in [0.25, 0.3) is 10.0 Å². The SMILES string of the molecule is CN1CC[C@@H](Oc2cc(NS(=O)(=O)c3cnc(Oc4cc(Cl)cc(Cl)c4)c(Br)c3)ccc2C(F)(F)F)C1. The first-order chi connectivity index (χ1) is 17.3. The number of anilines is 1. The van der Waals surface area contributed by atoms with Gasteiger partial charge in [-0.2, -0.15) is 13.2 Å². The zero-order valence-electron chi connectivity index (χ0n) is 19.0. The molecule has 3 aromatic rings. The Balaban J connectivity index is 1.56. The Hall–Kier alpha value is -2.25. The van der Waals surface area contributed by atoms with E-state index >= 15 is 0 Å². The topological polar surface area (TPSA) is 80.8 Å². The van der Waals surface area contributed by atoms with E-state index in [0.717, 1.165) is 24.4 Å². The molecule has 0 radical (unpaired) electrons. The van der Waals surface area contributed by atoms with Crippen LogP contribution in [0.2, 0.25) is 10.0 Å². The number of alkyl halides is 3. The van der Waals surface area contributed by atoms with Gasteiger partial charge >= 0.3 is 6.18 Å². The summed E-state index contributed by atoms with van der Waals surface area (Å²) in [6.45, 7) is 1.15. The van der Waals surface area contributed by atoms with Crippen LogP contribution in [-0.2, 0) is 16.2 Å². The summed E-state index contributed by atoms with van der Waals surface area (Å²) in [5.74, 6) is -0.120. The number of nitrogens with zero attached hydrogens (tertiary/aromatic N) is 2. The number of sulfonamides is 1. The Kier molecular flexibility index (Phi) is 8.15. The molecule has 0 unspecified atom stereocenters. The summed E-state index contributed by atoms with van der Waals surface area (Å²) in [5.41, 5.74) is -1.09. The van der Waals surface area contributed by atoms with E-state index in [0.29, 0.717) is 29.6 Å². The molecular weight excluding hydrogens is 622 g/mol. The van der Waals surface area contributed by atoms with Crippen molar-refractivity contribution < 1.29 is 31.1 Å². The molecule has 1 aliphatic heterocycles. The Morgan fingerprint density at radius 1 is 1.14 bits per heavy atom. The molecule has 1 aromatic heterocycles. The van der Waals surface area contributed by atoms with Crippen LogP contribution in [0.25, 0.3) is 0 Å². The largest absolute Gasteiger partial charge is 0.488 e. The maximum absolute atomic E-state index is 13.5. The fourth-order valence-corrected chi connectivity index (χ4v) is 5.74. The molecule has 14 heteroatoms. The summed E-state index contributed by atoms with van der Waals surface area (Å²) in [7, 11) is -2.39. The highest BCUT2D eigenvalue weighted by molar-refractivity contribution is 9.10. The van der Waals surface area contributed by atoms with Gasteiger partial charge < -0.3 is 14.4 Å². The smallest absolute Gasteiger partial charge is 0.419 e. The first-order valence-corrected chi connectivity index (χ1v) is 13.7. The van der Waals surface area contributed by atoms with Crippen molar-refractivity contribution in [3.63, 3.8) is 0 Å². The van der Waals surface area contributed by atoms with E-state index in [1.54, 1.807) is 0 Å². The number of halogens is 6. The molecular formula is C23H19BrCl2F3N3O4S. The molecule has 0 saturated carbocycles. The van der Waals surface area contributed by atoms with Crippen LogP contribution >= 0.6 is 39.1 Å². The molecule has 0 aliphatic carbocycles. The van der Waals surface area contributed by atoms with Gasteiger partial charge in [-0.05, 0) is 65.8 Å². The molecule has 37 heavy (non-hydrogen) atoms. The highest BCUT2D eigenvalue weighted by Gasteiger charge is 2.36. The fourth-order valence-electron chi connectivity index (χ4n) is 3.63. The first kappa shape index (κ1) is 27.8. The third-order valence-corrected chi connectivity index (χ3v) is 7.68. The third kappa shape index (κ3) is 6.99. The van der Waals surface area contributed by atoms with Crippen molar-refractivity contribution in [1.29, 1.82) is 0 Å². The van der Waals surface area contributed by atoms with E-state index in [-0.39, 0.29) is 26.7 Å². The molecule has 0 bridgehead atoms. The van der Waals surface area contributed by atoms with Crippen LogP contribution in [0.5, 0.6) is 17.4 Å². The van der Waals surface area contributed by atoms with Crippen molar-refractivity contribution in [3.05, 3.63) is 68.7 Å². The van der Waals surface area contributed by atoms with Crippen LogP contribution < -0.4 is 14.2 Å². The van der Waals surface area contributed by atoms with Crippen molar-refractivity contribution in [2.75, 3.05) is 24.9 Å². The minimum absolute atomic E-state index is 0.0454. The Morgan fingerprint density at radius 2 is 1.84 bits per heavy atom. The van der Waals surface area contributed by atoms with E-state index in [9.17, 15) is 21.6 Å². The number of nitrogens with one attached hydrogen (secondary N) is 1. The van der Waals surface area contributed by atoms with Crippen LogP contribution in [0, 0.1) is 0 Å². The standard InChI is InChI=1S/C23H19BrCl2F3N3O4S/c1-32-5-4-16(12-32)35-21-9-15(2-3-19(21)23(27,28)29)31-37(33,34)18-10-20(24)22(30-11-18)36-17-7-13(25)6-14(26)8-17/h2-3,6-11,16,31H,4-5,12H2,1H3/t16-/m1/s1. The predicted octanol–water partition coefficient (Wildman–Crippen LogP) is 6.85. The maximum atomic E-state index is 13.5. The minimum atomic E-state index is -4.67. The van der Waals surface area contributed by atoms with E-state index in [1.807, 2.05) is 11.9 Å². The van der Waals surface area contributed by atoms with Gasteiger partial charge in [0, 0.05) is 29.2 Å². The monoisotopic (exact) mass is 639 g/mol. The van der Waals surface area contributed by atoms with Crippen LogP contribution in [0.15, 0.2) is 58.0 Å². The van der Waals surface area contributed by atoms with Gasteiger partial charge in [0.2, 0.25) is 5.88 Å². The molecule has 2 heterocycles. The molecule has 198 valence electrons. The number of likely N-dealkylation sites (N-methyl/N-ethyl adjacent to an activating group) is 1. The number of hydrogen-bond donors (Lipinski definition) is 1. The zero-order valence-corrected chi connectivity index (χ0v) is 22.9. The molecule has 0 amide bonds. The van der Waals surface area contributed by atoms with Crippen LogP contribution in [0.3, 0.4) is 0 Å². The van der Waals surface area contributed by atoms with Gasteiger partial charge in [-0.25, -0.2) is 13.4 Å². The molecule has 0 spiro atoms. The summed E-state index contributed by atoms with van der Waals surface area (Å²) in [5, 5.41) is 0.670. The summed E-state index contributed by atoms with van der Waals surface area (Å²) < 4.78 is 80.3. The average molecular weight is 641 g/mol. The molecule has 7 nitrogen and oxygen atoms in total. The number of ether oxygens (including phenoxy) is 2. The lowest BCUT2D eigenvalue weighted by atomic mass is 10.1. The van der Waals surface area contributed by atoms with Crippen molar-refractivity contribution in [1.82, 2.24) is 9.88 Å². The van der Waals surface area contributed by atoms with Gasteiger partial charge in [-0.1, -0.05) is 23.2 Å². The van der Waals surface area contributed by atoms with Gasteiger partial charge in [0.15, 0.2) is 0 Å². The van der Waals surface area contributed by atoms with Crippen LogP contribution in [-0.4, -0.2) is 44.5 Å². The van der Waals surface area contributed by atoms with Crippen LogP contribution in [0.4, 0.5) is 18.9 Å². The second kappa shape index (κ2) is 10.9. The van der Waals surface area contributed by atoms with E-state index in [4.69, 9.17) is 32.7 Å². The quantitative estimate of drug-likeness (QED) is 0.304. The van der Waals surface area contributed by atoms with Crippen molar-refractivity contribution in [3.8, 4) is 17.4 Å². The zero-order chi connectivity index (χ0) is 27.0. The number of aromatic nitrogens is 1. The van der Waals surface area contributed by atoms with E-state index in [1.165, 1.54) is 24.3 Å². The maximum Gasteiger partial charge on any atom is 0.419 e. The predicted molar refractivity (Wildman–Crippen MR) is 137 cm³/mol. The molecule has 1 atom stereocenters. The summed E-state index contributed by atoms with van der Waals surface area (Å²) in [4.78, 5) is 5.71. The molecule has 1 fully saturated rings. The lowest BCUT2D eigenvalue weighted by Crippen LogP contribution is -2.23. The van der Waals surface area contributed by atoms with E-state index < -0.39 is 33.6 Å². The number of rotatable bonds is 7. The van der Waals surface area contributed by atoms with Crippen molar-refractivity contribution in [2.45, 2.75) is 23.6 Å². The van der Waals surface area contributed by atoms with Crippen molar-refractivity contribution >= 4 is 54.8 Å². The van der Waals surface area contributed by atoms with Gasteiger partial charge in [-0.15, -0.1) is 0 Å². The van der Waals surface area contributed by atoms with E-state index in [2.05, 4.69) is 25.6 Å². The highest BCUT2D eigenvalue weighted by atomic mass is 79.9. The summed E-state index contributed by atoms with van der Waals surface area (Å²) in [6, 6.07) is 8.60. The van der Waals surface area contributed by atoms with Gasteiger partial charge in [0.1, 0.15) is 22.5 Å². The van der Waals surface area contributed by atoms with Gasteiger partial charge in [0.05, 0.1) is 21.9 Å². The number of likely N-dealkylation sites (tertiary alicyclic amines) is 1. The third-order valence-electron chi connectivity index (χ3n) is 5.32. The second-order valence-electron chi connectivity index (χ2n) is 8.27. The Labute approximate surface area is 229 Å². The average Bonchev–Trinajstić information content (AvgIpc) is 3.18. The lowest BCUT2D eigenvalue weighted by molar-refractivity contribution is -0.139. The molecule has 1 aliphatic rings. The second-order valence-corrected chi connectivity index (χ2v) is 11.7. The van der Waals surface area contributed by atoms with Crippen LogP contribution in [0.1, 0.15) is 12.0 Å². The number of hydrogen-bond acceptors (Lipinski definition) is 6. The summed E-state index contributed by atoms with van der Waals surface area (Å²) >= 11 is 15.1.